The lowest BCUT2D eigenvalue weighted by Crippen LogP contribution is -2.57. The van der Waals surface area contributed by atoms with Crippen LogP contribution in [0.3, 0.4) is 0 Å². The molecule has 4 saturated carbocycles. The Morgan fingerprint density at radius 1 is 1.00 bits per heavy atom. The predicted molar refractivity (Wildman–Crippen MR) is 107 cm³/mol. The van der Waals surface area contributed by atoms with Crippen LogP contribution in [0.4, 0.5) is 0 Å². The van der Waals surface area contributed by atoms with Gasteiger partial charge in [0.25, 0.3) is 0 Å². The Morgan fingerprint density at radius 2 is 1.74 bits per heavy atom. The second kappa shape index (κ2) is 7.04. The number of hydrogen-bond acceptors (Lipinski definition) is 2. The molecule has 0 heterocycles. The number of carboxylic acid groups (broad SMARTS) is 1. The summed E-state index contributed by atoms with van der Waals surface area (Å²) in [6.07, 6.45) is 12.5. The zero-order valence-corrected chi connectivity index (χ0v) is 17.6. The van der Waals surface area contributed by atoms with E-state index in [1.54, 1.807) is 0 Å². The van der Waals surface area contributed by atoms with E-state index in [4.69, 9.17) is 5.11 Å². The van der Waals surface area contributed by atoms with E-state index in [9.17, 15) is 9.90 Å². The van der Waals surface area contributed by atoms with Gasteiger partial charge in [0.1, 0.15) is 0 Å². The molecule has 0 amide bonds. The molecule has 4 rings (SSSR count). The zero-order valence-electron chi connectivity index (χ0n) is 17.6. The highest BCUT2D eigenvalue weighted by Gasteiger charge is 2.61. The van der Waals surface area contributed by atoms with Gasteiger partial charge in [0.05, 0.1) is 6.10 Å². The summed E-state index contributed by atoms with van der Waals surface area (Å²) in [6, 6.07) is 0. The first-order valence-corrected chi connectivity index (χ1v) is 11.7. The summed E-state index contributed by atoms with van der Waals surface area (Å²) in [5, 5.41) is 20.2. The van der Waals surface area contributed by atoms with Crippen LogP contribution in [-0.4, -0.2) is 22.3 Å². The van der Waals surface area contributed by atoms with Gasteiger partial charge in [-0.3, -0.25) is 4.79 Å². The number of aliphatic carboxylic acids is 1. The fourth-order valence-electron chi connectivity index (χ4n) is 8.88. The molecule has 0 bridgehead atoms. The minimum absolute atomic E-state index is 0.0950. The number of rotatable bonds is 4. The number of aliphatic hydroxyl groups is 1. The van der Waals surface area contributed by atoms with Crippen molar-refractivity contribution in [2.75, 3.05) is 0 Å². The van der Waals surface area contributed by atoms with Crippen LogP contribution in [0.15, 0.2) is 0 Å². The molecule has 0 spiro atoms. The van der Waals surface area contributed by atoms with Crippen molar-refractivity contribution >= 4 is 5.97 Å². The van der Waals surface area contributed by atoms with Gasteiger partial charge >= 0.3 is 5.97 Å². The van der Waals surface area contributed by atoms with Gasteiger partial charge in [-0.15, -0.1) is 0 Å². The molecule has 154 valence electrons. The van der Waals surface area contributed by atoms with E-state index in [-0.39, 0.29) is 6.10 Å². The molecule has 27 heavy (non-hydrogen) atoms. The zero-order chi connectivity index (χ0) is 19.4. The largest absolute Gasteiger partial charge is 0.481 e. The van der Waals surface area contributed by atoms with Gasteiger partial charge < -0.3 is 10.2 Å². The molecule has 4 aliphatic rings. The average Bonchev–Trinajstić information content (AvgIpc) is 2.97. The lowest BCUT2D eigenvalue weighted by molar-refractivity contribution is -0.159. The molecule has 4 fully saturated rings. The number of fused-ring (bicyclic) bond motifs is 5. The van der Waals surface area contributed by atoms with E-state index in [0.29, 0.717) is 40.9 Å². The topological polar surface area (TPSA) is 57.5 Å². The van der Waals surface area contributed by atoms with Crippen molar-refractivity contribution in [3.63, 3.8) is 0 Å². The number of carboxylic acids is 1. The van der Waals surface area contributed by atoms with Gasteiger partial charge in [-0.25, -0.2) is 0 Å². The monoisotopic (exact) mass is 376 g/mol. The molecule has 3 nitrogen and oxygen atoms in total. The van der Waals surface area contributed by atoms with Gasteiger partial charge in [-0.05, 0) is 97.7 Å². The third-order valence-corrected chi connectivity index (χ3v) is 10.2. The van der Waals surface area contributed by atoms with E-state index in [1.807, 2.05) is 0 Å². The van der Waals surface area contributed by atoms with Gasteiger partial charge in [0, 0.05) is 6.42 Å². The lowest BCUT2D eigenvalue weighted by Gasteiger charge is -2.62. The summed E-state index contributed by atoms with van der Waals surface area (Å²) >= 11 is 0. The summed E-state index contributed by atoms with van der Waals surface area (Å²) in [7, 11) is 0. The van der Waals surface area contributed by atoms with Crippen molar-refractivity contribution in [3.8, 4) is 0 Å². The Bertz CT molecular complexity index is 574. The molecular weight excluding hydrogens is 336 g/mol. The highest BCUT2D eigenvalue weighted by atomic mass is 16.4. The van der Waals surface area contributed by atoms with Crippen LogP contribution in [0.25, 0.3) is 0 Å². The predicted octanol–water partition coefficient (Wildman–Crippen LogP) is 5.51. The smallest absolute Gasteiger partial charge is 0.303 e. The standard InChI is InChI=1S/C24H40O3/c1-15(7-10-22(26)27)17-8-9-18-16-14-21(25)20-6-4-5-12-23(20,2)19(16)11-13-24(17,18)3/h15-21,25H,4-14H2,1-3H3,(H,26,27)/t15-,16+,17-,18+,19+,20+,21+,23-,24-/m1/s1. The summed E-state index contributed by atoms with van der Waals surface area (Å²) in [5.41, 5.74) is 0.714. The van der Waals surface area contributed by atoms with Crippen LogP contribution in [0, 0.1) is 46.3 Å². The van der Waals surface area contributed by atoms with Crippen molar-refractivity contribution in [3.05, 3.63) is 0 Å². The molecule has 0 radical (unpaired) electrons. The number of carbonyl (C=O) groups is 1. The minimum Gasteiger partial charge on any atom is -0.481 e. The molecule has 0 aromatic heterocycles. The van der Waals surface area contributed by atoms with Crippen LogP contribution < -0.4 is 0 Å². The molecule has 0 aromatic carbocycles. The van der Waals surface area contributed by atoms with E-state index in [1.165, 1.54) is 51.4 Å². The van der Waals surface area contributed by atoms with Gasteiger partial charge in [-0.2, -0.15) is 0 Å². The molecule has 4 aliphatic carbocycles. The normalized spacial score (nSPS) is 50.4. The SMILES string of the molecule is C[C@H](CCC(=O)O)[C@H]1CC[C@H]2[C@@H]3C[C@H](O)[C@@H]4CCCC[C@]4(C)[C@H]3CC[C@]12C. The second-order valence-corrected chi connectivity index (χ2v) is 11.2. The number of aliphatic hydroxyl groups excluding tert-OH is 1. The van der Waals surface area contributed by atoms with Gasteiger partial charge in [0.2, 0.25) is 0 Å². The van der Waals surface area contributed by atoms with Crippen LogP contribution in [0.2, 0.25) is 0 Å². The summed E-state index contributed by atoms with van der Waals surface area (Å²) < 4.78 is 0. The molecule has 2 N–H and O–H groups in total. The first-order valence-electron chi connectivity index (χ1n) is 11.7. The highest BCUT2D eigenvalue weighted by molar-refractivity contribution is 5.66. The van der Waals surface area contributed by atoms with Crippen LogP contribution in [0.5, 0.6) is 0 Å². The first kappa shape index (κ1) is 19.7. The molecule has 0 saturated heterocycles. The van der Waals surface area contributed by atoms with Crippen molar-refractivity contribution in [2.45, 2.75) is 97.5 Å². The Hall–Kier alpha value is -0.570. The minimum atomic E-state index is -0.656. The summed E-state index contributed by atoms with van der Waals surface area (Å²) in [6.45, 7) is 7.33. The molecular formula is C24H40O3. The Morgan fingerprint density at radius 3 is 2.48 bits per heavy atom. The molecule has 9 atom stereocenters. The summed E-state index contributed by atoms with van der Waals surface area (Å²) in [5.74, 6) is 3.27. The third kappa shape index (κ3) is 3.07. The quantitative estimate of drug-likeness (QED) is 0.680. The molecule has 0 unspecified atom stereocenters. The van der Waals surface area contributed by atoms with E-state index in [2.05, 4.69) is 20.8 Å². The van der Waals surface area contributed by atoms with Gasteiger partial charge in [0.15, 0.2) is 0 Å². The summed E-state index contributed by atoms with van der Waals surface area (Å²) in [4.78, 5) is 11.0. The van der Waals surface area contributed by atoms with Crippen LogP contribution >= 0.6 is 0 Å². The van der Waals surface area contributed by atoms with Crippen molar-refractivity contribution in [1.29, 1.82) is 0 Å². The maximum atomic E-state index is 11.1. The lowest BCUT2D eigenvalue weighted by atomic mass is 9.44. The van der Waals surface area contributed by atoms with Gasteiger partial charge in [-0.1, -0.05) is 33.6 Å². The Labute approximate surface area is 165 Å². The second-order valence-electron chi connectivity index (χ2n) is 11.2. The van der Waals surface area contributed by atoms with Crippen LogP contribution in [-0.2, 0) is 4.79 Å². The molecule has 0 aliphatic heterocycles. The molecule has 3 heteroatoms. The Kier molecular flexibility index (Phi) is 5.15. The Balaban J connectivity index is 1.55. The van der Waals surface area contributed by atoms with Crippen molar-refractivity contribution in [2.24, 2.45) is 46.3 Å². The maximum Gasteiger partial charge on any atom is 0.303 e. The fraction of sp³-hybridized carbons (Fsp3) is 0.958. The van der Waals surface area contributed by atoms with Crippen molar-refractivity contribution in [1.82, 2.24) is 0 Å². The van der Waals surface area contributed by atoms with E-state index < -0.39 is 5.97 Å². The highest BCUT2D eigenvalue weighted by Crippen LogP contribution is 2.68. The number of hydrogen-bond donors (Lipinski definition) is 2. The third-order valence-electron chi connectivity index (χ3n) is 10.2. The first-order chi connectivity index (χ1) is 12.8. The van der Waals surface area contributed by atoms with E-state index >= 15 is 0 Å². The van der Waals surface area contributed by atoms with Crippen LogP contribution in [0.1, 0.15) is 91.4 Å². The fourth-order valence-corrected chi connectivity index (χ4v) is 8.88. The molecule has 0 aromatic rings. The van der Waals surface area contributed by atoms with E-state index in [0.717, 1.165) is 24.7 Å². The van der Waals surface area contributed by atoms with Crippen molar-refractivity contribution < 1.29 is 15.0 Å². The maximum absolute atomic E-state index is 11.1. The average molecular weight is 377 g/mol.